The van der Waals surface area contributed by atoms with Crippen LogP contribution in [-0.2, 0) is 19.4 Å². The van der Waals surface area contributed by atoms with Gasteiger partial charge >= 0.3 is 0 Å². The minimum atomic E-state index is 0. The van der Waals surface area contributed by atoms with Crippen LogP contribution < -0.4 is 4.90 Å². The number of carbonyl (C=O) groups excluding carboxylic acids is 1. The first-order chi connectivity index (χ1) is 14.8. The van der Waals surface area contributed by atoms with Crippen LogP contribution >= 0.6 is 12.4 Å². The SMILES string of the molecule is Cl.O=C(c1cccc(CN2CCCCC2)c1)N1c2ccccc2CCc2ccccc21. The minimum Gasteiger partial charge on any atom is -0.299 e. The molecule has 2 heterocycles. The van der Waals surface area contributed by atoms with Gasteiger partial charge < -0.3 is 0 Å². The summed E-state index contributed by atoms with van der Waals surface area (Å²) in [7, 11) is 0. The topological polar surface area (TPSA) is 23.6 Å². The van der Waals surface area contributed by atoms with Crippen LogP contribution in [0.3, 0.4) is 0 Å². The van der Waals surface area contributed by atoms with Gasteiger partial charge in [-0.05, 0) is 79.7 Å². The first-order valence-corrected chi connectivity index (χ1v) is 11.1. The number of fused-ring (bicyclic) bond motifs is 2. The Bertz CT molecular complexity index is 1010. The molecule has 2 aliphatic heterocycles. The molecule has 31 heavy (non-hydrogen) atoms. The number of carbonyl (C=O) groups is 1. The summed E-state index contributed by atoms with van der Waals surface area (Å²) in [6.07, 6.45) is 5.79. The molecule has 0 aromatic heterocycles. The lowest BCUT2D eigenvalue weighted by atomic mass is 10.0. The van der Waals surface area contributed by atoms with Crippen LogP contribution in [-0.4, -0.2) is 23.9 Å². The van der Waals surface area contributed by atoms with Crippen molar-refractivity contribution in [1.29, 1.82) is 0 Å². The van der Waals surface area contributed by atoms with E-state index in [9.17, 15) is 4.79 Å². The number of anilines is 2. The molecule has 0 atom stereocenters. The predicted octanol–water partition coefficient (Wildman–Crippen LogP) is 6.17. The number of piperidine rings is 1. The molecule has 2 aliphatic rings. The summed E-state index contributed by atoms with van der Waals surface area (Å²) in [6.45, 7) is 3.24. The maximum atomic E-state index is 13.8. The van der Waals surface area contributed by atoms with E-state index in [1.807, 2.05) is 29.2 Å². The first kappa shape index (κ1) is 21.6. The van der Waals surface area contributed by atoms with E-state index >= 15 is 0 Å². The highest BCUT2D eigenvalue weighted by Gasteiger charge is 2.26. The van der Waals surface area contributed by atoms with Gasteiger partial charge in [0, 0.05) is 12.1 Å². The maximum Gasteiger partial charge on any atom is 0.262 e. The molecule has 0 N–H and O–H groups in total. The van der Waals surface area contributed by atoms with Gasteiger partial charge in [0.05, 0.1) is 11.4 Å². The minimum absolute atomic E-state index is 0. The standard InChI is InChI=1S/C27H28N2O.ClH/c30-27(24-12-8-9-21(19-24)20-28-17-6-1-7-18-28)29-25-13-4-2-10-22(25)15-16-23-11-3-5-14-26(23)29;/h2-5,8-14,19H,1,6-7,15-18,20H2;1H. The smallest absolute Gasteiger partial charge is 0.262 e. The zero-order valence-corrected chi connectivity index (χ0v) is 18.6. The van der Waals surface area contributed by atoms with Gasteiger partial charge in [0.2, 0.25) is 0 Å². The number of aryl methyl sites for hydroxylation is 2. The van der Waals surface area contributed by atoms with Crippen molar-refractivity contribution in [2.45, 2.75) is 38.6 Å². The second-order valence-electron chi connectivity index (χ2n) is 8.44. The van der Waals surface area contributed by atoms with Crippen molar-refractivity contribution in [3.05, 3.63) is 95.1 Å². The molecule has 1 fully saturated rings. The molecule has 0 unspecified atom stereocenters. The van der Waals surface area contributed by atoms with Crippen molar-refractivity contribution in [2.75, 3.05) is 18.0 Å². The van der Waals surface area contributed by atoms with E-state index in [1.54, 1.807) is 0 Å². The summed E-state index contributed by atoms with van der Waals surface area (Å²) in [6, 6.07) is 24.9. The zero-order valence-electron chi connectivity index (χ0n) is 17.8. The van der Waals surface area contributed by atoms with Gasteiger partial charge in [-0.2, -0.15) is 0 Å². The van der Waals surface area contributed by atoms with Gasteiger partial charge in [-0.3, -0.25) is 14.6 Å². The van der Waals surface area contributed by atoms with E-state index in [0.29, 0.717) is 0 Å². The summed E-state index contributed by atoms with van der Waals surface area (Å²) < 4.78 is 0. The summed E-state index contributed by atoms with van der Waals surface area (Å²) in [4.78, 5) is 18.3. The lowest BCUT2D eigenvalue weighted by Gasteiger charge is -2.27. The highest BCUT2D eigenvalue weighted by atomic mass is 35.5. The third-order valence-electron chi connectivity index (χ3n) is 6.36. The lowest BCUT2D eigenvalue weighted by molar-refractivity contribution is 0.0999. The Labute approximate surface area is 191 Å². The third-order valence-corrected chi connectivity index (χ3v) is 6.36. The van der Waals surface area contributed by atoms with Crippen molar-refractivity contribution in [3.8, 4) is 0 Å². The number of benzene rings is 3. The average molecular weight is 433 g/mol. The monoisotopic (exact) mass is 432 g/mol. The number of nitrogens with zero attached hydrogens (tertiary/aromatic N) is 2. The van der Waals surface area contributed by atoms with Crippen molar-refractivity contribution in [1.82, 2.24) is 4.90 Å². The number of para-hydroxylation sites is 2. The number of halogens is 1. The molecule has 0 bridgehead atoms. The molecule has 0 radical (unpaired) electrons. The fourth-order valence-electron chi connectivity index (χ4n) is 4.81. The Kier molecular flexibility index (Phi) is 6.74. The predicted molar refractivity (Wildman–Crippen MR) is 130 cm³/mol. The summed E-state index contributed by atoms with van der Waals surface area (Å²) >= 11 is 0. The molecular weight excluding hydrogens is 404 g/mol. The van der Waals surface area contributed by atoms with Gasteiger partial charge in [-0.1, -0.05) is 55.0 Å². The molecule has 1 amide bonds. The molecule has 3 aromatic rings. The largest absolute Gasteiger partial charge is 0.299 e. The molecule has 5 rings (SSSR count). The fourth-order valence-corrected chi connectivity index (χ4v) is 4.81. The van der Waals surface area contributed by atoms with Crippen molar-refractivity contribution >= 4 is 29.7 Å². The van der Waals surface area contributed by atoms with Crippen LogP contribution in [0.5, 0.6) is 0 Å². The quantitative estimate of drug-likeness (QED) is 0.494. The van der Waals surface area contributed by atoms with E-state index in [1.165, 1.54) is 36.0 Å². The van der Waals surface area contributed by atoms with Gasteiger partial charge in [-0.15, -0.1) is 12.4 Å². The molecule has 3 nitrogen and oxygen atoms in total. The third kappa shape index (κ3) is 4.53. The number of hydrogen-bond acceptors (Lipinski definition) is 2. The second kappa shape index (κ2) is 9.67. The van der Waals surface area contributed by atoms with Crippen LogP contribution in [0.25, 0.3) is 0 Å². The van der Waals surface area contributed by atoms with Gasteiger partial charge in [0.1, 0.15) is 0 Å². The molecule has 1 saturated heterocycles. The molecule has 3 aromatic carbocycles. The van der Waals surface area contributed by atoms with E-state index in [-0.39, 0.29) is 18.3 Å². The lowest BCUT2D eigenvalue weighted by Crippen LogP contribution is -2.29. The molecule has 0 aliphatic carbocycles. The van der Waals surface area contributed by atoms with E-state index in [2.05, 4.69) is 53.4 Å². The van der Waals surface area contributed by atoms with Crippen LogP contribution in [0.15, 0.2) is 72.8 Å². The van der Waals surface area contributed by atoms with Crippen LogP contribution in [0, 0.1) is 0 Å². The Morgan fingerprint density at radius 3 is 2.00 bits per heavy atom. The van der Waals surface area contributed by atoms with Crippen molar-refractivity contribution in [2.24, 2.45) is 0 Å². The van der Waals surface area contributed by atoms with E-state index < -0.39 is 0 Å². The summed E-state index contributed by atoms with van der Waals surface area (Å²) in [5.41, 5.74) is 6.45. The molecule has 160 valence electrons. The molecule has 0 saturated carbocycles. The van der Waals surface area contributed by atoms with Crippen molar-refractivity contribution in [3.63, 3.8) is 0 Å². The number of rotatable bonds is 3. The Morgan fingerprint density at radius 2 is 1.35 bits per heavy atom. The van der Waals surface area contributed by atoms with Crippen LogP contribution in [0.1, 0.15) is 46.3 Å². The fraction of sp³-hybridized carbons (Fsp3) is 0.296. The zero-order chi connectivity index (χ0) is 20.3. The average Bonchev–Trinajstić information content (AvgIpc) is 2.96. The maximum absolute atomic E-state index is 13.8. The molecular formula is C27H29ClN2O. The number of likely N-dealkylation sites (tertiary alicyclic amines) is 1. The van der Waals surface area contributed by atoms with Gasteiger partial charge in [0.15, 0.2) is 0 Å². The van der Waals surface area contributed by atoms with Crippen LogP contribution in [0.4, 0.5) is 11.4 Å². The molecule has 4 heteroatoms. The van der Waals surface area contributed by atoms with E-state index in [0.717, 1.165) is 49.4 Å². The Morgan fingerprint density at radius 1 is 0.742 bits per heavy atom. The highest BCUT2D eigenvalue weighted by molar-refractivity contribution is 6.12. The Hall–Kier alpha value is -2.62. The normalized spacial score (nSPS) is 15.9. The summed E-state index contributed by atoms with van der Waals surface area (Å²) in [5, 5.41) is 0. The van der Waals surface area contributed by atoms with Gasteiger partial charge in [-0.25, -0.2) is 0 Å². The van der Waals surface area contributed by atoms with Crippen molar-refractivity contribution < 1.29 is 4.79 Å². The molecule has 0 spiro atoms. The number of hydrogen-bond donors (Lipinski definition) is 0. The van der Waals surface area contributed by atoms with E-state index in [4.69, 9.17) is 0 Å². The second-order valence-corrected chi connectivity index (χ2v) is 8.44. The summed E-state index contributed by atoms with van der Waals surface area (Å²) in [5.74, 6) is 0.0531. The Balaban J connectivity index is 0.00000231. The number of amides is 1. The van der Waals surface area contributed by atoms with Gasteiger partial charge in [0.25, 0.3) is 5.91 Å². The first-order valence-electron chi connectivity index (χ1n) is 11.1. The highest BCUT2D eigenvalue weighted by Crippen LogP contribution is 2.37. The van der Waals surface area contributed by atoms with Crippen LogP contribution in [0.2, 0.25) is 0 Å².